The van der Waals surface area contributed by atoms with Gasteiger partial charge in [0.25, 0.3) is 0 Å². The minimum absolute atomic E-state index is 0.0222. The van der Waals surface area contributed by atoms with Crippen LogP contribution in [0, 0.1) is 6.92 Å². The van der Waals surface area contributed by atoms with Gasteiger partial charge in [-0.15, -0.1) is 0 Å². The molecule has 0 spiro atoms. The summed E-state index contributed by atoms with van der Waals surface area (Å²) < 4.78 is 5.89. The monoisotopic (exact) mass is 298 g/mol. The largest absolute Gasteiger partial charge is 0.496 e. The summed E-state index contributed by atoms with van der Waals surface area (Å²) in [6.45, 7) is 15.7. The van der Waals surface area contributed by atoms with Crippen molar-refractivity contribution in [1.29, 1.82) is 0 Å². The smallest absolute Gasteiger partial charge is 0.126 e. The predicted molar refractivity (Wildman–Crippen MR) is 95.9 cm³/mol. The zero-order chi connectivity index (χ0) is 16.7. The summed E-state index contributed by atoms with van der Waals surface area (Å²) in [5.41, 5.74) is 6.78. The van der Waals surface area contributed by atoms with Gasteiger partial charge < -0.3 is 4.74 Å². The second-order valence-corrected chi connectivity index (χ2v) is 8.09. The maximum atomic E-state index is 5.89. The molecule has 0 N–H and O–H groups in total. The van der Waals surface area contributed by atoms with Crippen molar-refractivity contribution in [3.63, 3.8) is 0 Å². The van der Waals surface area contributed by atoms with Crippen molar-refractivity contribution in [3.8, 4) is 5.75 Å². The van der Waals surface area contributed by atoms with Gasteiger partial charge in [-0.25, -0.2) is 0 Å². The molecule has 1 aromatic carbocycles. The summed E-state index contributed by atoms with van der Waals surface area (Å²) in [7, 11) is 1.80. The highest BCUT2D eigenvalue weighted by Gasteiger charge is 2.33. The quantitative estimate of drug-likeness (QED) is 0.679. The second-order valence-electron chi connectivity index (χ2n) is 8.09. The van der Waals surface area contributed by atoms with Gasteiger partial charge in [-0.05, 0) is 25.7 Å². The summed E-state index contributed by atoms with van der Waals surface area (Å²) in [6.07, 6.45) is 5.68. The molecule has 0 heterocycles. The first-order chi connectivity index (χ1) is 10.1. The van der Waals surface area contributed by atoms with Gasteiger partial charge in [-0.2, -0.15) is 0 Å². The SMILES string of the molecule is COc1c(C(C)(C)C)cc(C)cc1C(C)(C)C1=CC(C)=CC1. The highest BCUT2D eigenvalue weighted by atomic mass is 16.5. The Morgan fingerprint density at radius 1 is 0.955 bits per heavy atom. The van der Waals surface area contributed by atoms with Crippen LogP contribution in [0.15, 0.2) is 35.4 Å². The second kappa shape index (κ2) is 5.61. The van der Waals surface area contributed by atoms with Crippen molar-refractivity contribution in [2.24, 2.45) is 0 Å². The van der Waals surface area contributed by atoms with Crippen molar-refractivity contribution in [1.82, 2.24) is 0 Å². The van der Waals surface area contributed by atoms with E-state index in [1.807, 2.05) is 0 Å². The van der Waals surface area contributed by atoms with Gasteiger partial charge in [0.15, 0.2) is 0 Å². The molecule has 0 unspecified atom stereocenters. The molecule has 0 bridgehead atoms. The Bertz CT molecular complexity index is 637. The minimum atomic E-state index is -0.0222. The van der Waals surface area contributed by atoms with Crippen LogP contribution in [0.5, 0.6) is 5.75 Å². The summed E-state index contributed by atoms with van der Waals surface area (Å²) in [5, 5.41) is 0. The van der Waals surface area contributed by atoms with Crippen molar-refractivity contribution in [3.05, 3.63) is 52.1 Å². The van der Waals surface area contributed by atoms with Gasteiger partial charge >= 0.3 is 0 Å². The lowest BCUT2D eigenvalue weighted by atomic mass is 9.73. The summed E-state index contributed by atoms with van der Waals surface area (Å²) in [6, 6.07) is 4.56. The Kier molecular flexibility index (Phi) is 4.30. The summed E-state index contributed by atoms with van der Waals surface area (Å²) in [5.74, 6) is 1.05. The lowest BCUT2D eigenvalue weighted by Crippen LogP contribution is -2.23. The van der Waals surface area contributed by atoms with E-state index in [-0.39, 0.29) is 10.8 Å². The van der Waals surface area contributed by atoms with Crippen LogP contribution in [0.3, 0.4) is 0 Å². The number of hydrogen-bond donors (Lipinski definition) is 0. The van der Waals surface area contributed by atoms with E-state index in [2.05, 4.69) is 72.8 Å². The van der Waals surface area contributed by atoms with Gasteiger partial charge in [0.05, 0.1) is 7.11 Å². The maximum absolute atomic E-state index is 5.89. The molecule has 1 aromatic rings. The van der Waals surface area contributed by atoms with Crippen LogP contribution >= 0.6 is 0 Å². The molecule has 1 aliphatic rings. The number of allylic oxidation sites excluding steroid dienone is 4. The molecule has 0 amide bonds. The van der Waals surface area contributed by atoms with Gasteiger partial charge in [0.2, 0.25) is 0 Å². The summed E-state index contributed by atoms with van der Waals surface area (Å²) >= 11 is 0. The van der Waals surface area contributed by atoms with Gasteiger partial charge in [0.1, 0.15) is 5.75 Å². The normalized spacial score (nSPS) is 15.6. The first-order valence-corrected chi connectivity index (χ1v) is 8.14. The number of aryl methyl sites for hydroxylation is 1. The van der Waals surface area contributed by atoms with E-state index in [1.165, 1.54) is 27.8 Å². The molecule has 2 rings (SSSR count). The number of ether oxygens (including phenoxy) is 1. The van der Waals surface area contributed by atoms with E-state index in [4.69, 9.17) is 4.74 Å². The molecule has 0 aliphatic heterocycles. The number of benzene rings is 1. The molecule has 1 nitrogen and oxygen atoms in total. The van der Waals surface area contributed by atoms with Crippen molar-refractivity contribution in [2.75, 3.05) is 7.11 Å². The fraction of sp³-hybridized carbons (Fsp3) is 0.524. The number of hydrogen-bond acceptors (Lipinski definition) is 1. The maximum Gasteiger partial charge on any atom is 0.126 e. The minimum Gasteiger partial charge on any atom is -0.496 e. The molecule has 0 atom stereocenters. The van der Waals surface area contributed by atoms with Crippen LogP contribution in [0.1, 0.15) is 64.7 Å². The van der Waals surface area contributed by atoms with Crippen LogP contribution in [-0.4, -0.2) is 7.11 Å². The average Bonchev–Trinajstić information content (AvgIpc) is 2.84. The third-order valence-electron chi connectivity index (χ3n) is 4.77. The molecule has 0 aromatic heterocycles. The van der Waals surface area contributed by atoms with Crippen LogP contribution in [0.2, 0.25) is 0 Å². The third kappa shape index (κ3) is 2.99. The van der Waals surface area contributed by atoms with Gasteiger partial charge in [-0.3, -0.25) is 0 Å². The average molecular weight is 298 g/mol. The molecule has 0 fully saturated rings. The Hall–Kier alpha value is -1.50. The van der Waals surface area contributed by atoms with Crippen LogP contribution in [-0.2, 0) is 10.8 Å². The fourth-order valence-corrected chi connectivity index (χ4v) is 3.29. The zero-order valence-corrected chi connectivity index (χ0v) is 15.4. The number of methoxy groups -OCH3 is 1. The highest BCUT2D eigenvalue weighted by molar-refractivity contribution is 5.55. The van der Waals surface area contributed by atoms with Crippen molar-refractivity contribution in [2.45, 2.75) is 65.7 Å². The third-order valence-corrected chi connectivity index (χ3v) is 4.77. The van der Waals surface area contributed by atoms with Crippen molar-refractivity contribution < 1.29 is 4.74 Å². The van der Waals surface area contributed by atoms with Gasteiger partial charge in [0, 0.05) is 16.5 Å². The first kappa shape index (κ1) is 16.9. The molecule has 0 radical (unpaired) electrons. The molecule has 0 saturated heterocycles. The van der Waals surface area contributed by atoms with E-state index in [0.717, 1.165) is 12.2 Å². The molecule has 22 heavy (non-hydrogen) atoms. The van der Waals surface area contributed by atoms with Gasteiger partial charge in [-0.1, -0.05) is 75.6 Å². The van der Waals surface area contributed by atoms with E-state index in [9.17, 15) is 0 Å². The Labute approximate surface area is 136 Å². The lowest BCUT2D eigenvalue weighted by Gasteiger charge is -2.33. The predicted octanol–water partition coefficient (Wildman–Crippen LogP) is 5.86. The Morgan fingerprint density at radius 2 is 1.55 bits per heavy atom. The van der Waals surface area contributed by atoms with Crippen LogP contribution < -0.4 is 4.74 Å². The highest BCUT2D eigenvalue weighted by Crippen LogP contribution is 2.45. The van der Waals surface area contributed by atoms with Crippen molar-refractivity contribution >= 4 is 0 Å². The lowest BCUT2D eigenvalue weighted by molar-refractivity contribution is 0.383. The molecule has 0 saturated carbocycles. The standard InChI is InChI=1S/C21H30O/c1-14-9-10-16(11-14)21(6,7)18-13-15(2)12-17(19(18)22-8)20(3,4)5/h9,11-13H,10H2,1-8H3. The molecule has 1 heteroatoms. The summed E-state index contributed by atoms with van der Waals surface area (Å²) in [4.78, 5) is 0. The fourth-order valence-electron chi connectivity index (χ4n) is 3.29. The Balaban J connectivity index is 2.65. The van der Waals surface area contributed by atoms with E-state index in [0.29, 0.717) is 0 Å². The molecule has 1 aliphatic carbocycles. The molecular formula is C21H30O. The zero-order valence-electron chi connectivity index (χ0n) is 15.4. The van der Waals surface area contributed by atoms with E-state index >= 15 is 0 Å². The topological polar surface area (TPSA) is 9.23 Å². The van der Waals surface area contributed by atoms with Crippen LogP contribution in [0.25, 0.3) is 0 Å². The molecular weight excluding hydrogens is 268 g/mol. The van der Waals surface area contributed by atoms with E-state index in [1.54, 1.807) is 7.11 Å². The number of rotatable bonds is 3. The van der Waals surface area contributed by atoms with E-state index < -0.39 is 0 Å². The van der Waals surface area contributed by atoms with Crippen LogP contribution in [0.4, 0.5) is 0 Å². The molecule has 120 valence electrons. The first-order valence-electron chi connectivity index (χ1n) is 8.14. The Morgan fingerprint density at radius 3 is 2.00 bits per heavy atom.